The highest BCUT2D eigenvalue weighted by Gasteiger charge is 2.24. The first kappa shape index (κ1) is 21.1. The zero-order valence-corrected chi connectivity index (χ0v) is 18.3. The lowest BCUT2D eigenvalue weighted by Crippen LogP contribution is -2.52. The highest BCUT2D eigenvalue weighted by molar-refractivity contribution is 7.09. The Labute approximate surface area is 186 Å². The first-order chi connectivity index (χ1) is 15.1. The molecule has 1 aromatic heterocycles. The fourth-order valence-electron chi connectivity index (χ4n) is 3.54. The topological polar surface area (TPSA) is 62.7 Å². The first-order valence-corrected chi connectivity index (χ1v) is 11.2. The Balaban J connectivity index is 1.22. The van der Waals surface area contributed by atoms with Crippen LogP contribution < -0.4 is 4.74 Å². The molecule has 2 aromatic carbocycles. The van der Waals surface area contributed by atoms with Crippen LogP contribution in [0.5, 0.6) is 5.75 Å². The summed E-state index contributed by atoms with van der Waals surface area (Å²) in [5.41, 5.74) is 3.19. The maximum absolute atomic E-state index is 12.5. The Morgan fingerprint density at radius 1 is 0.903 bits per heavy atom. The molecule has 1 saturated heterocycles. The van der Waals surface area contributed by atoms with Gasteiger partial charge in [-0.3, -0.25) is 9.59 Å². The van der Waals surface area contributed by atoms with E-state index in [0.717, 1.165) is 21.8 Å². The van der Waals surface area contributed by atoms with Gasteiger partial charge in [0.25, 0.3) is 5.91 Å². The Morgan fingerprint density at radius 3 is 2.13 bits per heavy atom. The van der Waals surface area contributed by atoms with Crippen LogP contribution in [0.3, 0.4) is 0 Å². The molecule has 1 aliphatic rings. The van der Waals surface area contributed by atoms with Gasteiger partial charge in [0.05, 0.1) is 6.42 Å². The number of benzene rings is 2. The largest absolute Gasteiger partial charge is 0.484 e. The number of amides is 2. The van der Waals surface area contributed by atoms with Gasteiger partial charge in [-0.1, -0.05) is 42.5 Å². The van der Waals surface area contributed by atoms with Crippen molar-refractivity contribution >= 4 is 23.2 Å². The summed E-state index contributed by atoms with van der Waals surface area (Å²) in [6.07, 6.45) is 0.328. The number of hydrogen-bond donors (Lipinski definition) is 0. The molecule has 0 radical (unpaired) electrons. The van der Waals surface area contributed by atoms with Crippen molar-refractivity contribution in [3.63, 3.8) is 0 Å². The second-order valence-corrected chi connectivity index (χ2v) is 8.44. The summed E-state index contributed by atoms with van der Waals surface area (Å²) in [4.78, 5) is 32.9. The molecule has 1 fully saturated rings. The van der Waals surface area contributed by atoms with Gasteiger partial charge in [-0.2, -0.15) is 0 Å². The molecule has 0 bridgehead atoms. The third-order valence-corrected chi connectivity index (χ3v) is 6.24. The number of aromatic nitrogens is 1. The molecule has 0 unspecified atom stereocenters. The molecular formula is C24H25N3O3S. The monoisotopic (exact) mass is 435 g/mol. The van der Waals surface area contributed by atoms with E-state index in [1.165, 1.54) is 11.3 Å². The molecule has 160 valence electrons. The lowest BCUT2D eigenvalue weighted by Gasteiger charge is -2.34. The maximum atomic E-state index is 12.5. The summed E-state index contributed by atoms with van der Waals surface area (Å²) < 4.78 is 5.69. The van der Waals surface area contributed by atoms with Crippen LogP contribution in [0.25, 0.3) is 11.1 Å². The lowest BCUT2D eigenvalue weighted by molar-refractivity contribution is -0.140. The molecule has 0 saturated carbocycles. The van der Waals surface area contributed by atoms with Crippen molar-refractivity contribution < 1.29 is 14.3 Å². The van der Waals surface area contributed by atoms with E-state index in [1.807, 2.05) is 59.7 Å². The van der Waals surface area contributed by atoms with Gasteiger partial charge in [0.1, 0.15) is 10.8 Å². The Morgan fingerprint density at radius 2 is 1.52 bits per heavy atom. The number of rotatable bonds is 6. The van der Waals surface area contributed by atoms with E-state index < -0.39 is 0 Å². The summed E-state index contributed by atoms with van der Waals surface area (Å²) in [7, 11) is 0. The first-order valence-electron chi connectivity index (χ1n) is 10.3. The van der Waals surface area contributed by atoms with Crippen LogP contribution in [-0.2, 0) is 16.0 Å². The van der Waals surface area contributed by atoms with E-state index in [1.54, 1.807) is 4.90 Å². The van der Waals surface area contributed by atoms with Crippen molar-refractivity contribution in [2.45, 2.75) is 13.3 Å². The predicted octanol–water partition coefficient (Wildman–Crippen LogP) is 3.41. The van der Waals surface area contributed by atoms with Gasteiger partial charge in [-0.05, 0) is 30.2 Å². The Hall–Kier alpha value is -3.19. The van der Waals surface area contributed by atoms with E-state index in [9.17, 15) is 9.59 Å². The Bertz CT molecular complexity index is 1030. The van der Waals surface area contributed by atoms with Gasteiger partial charge in [0, 0.05) is 37.3 Å². The van der Waals surface area contributed by atoms with Crippen LogP contribution in [0.4, 0.5) is 0 Å². The highest BCUT2D eigenvalue weighted by Crippen LogP contribution is 2.22. The third kappa shape index (κ3) is 5.49. The van der Waals surface area contributed by atoms with Crippen LogP contribution in [0.2, 0.25) is 0 Å². The van der Waals surface area contributed by atoms with E-state index in [-0.39, 0.29) is 18.4 Å². The number of hydrogen-bond acceptors (Lipinski definition) is 5. The quantitative estimate of drug-likeness (QED) is 0.595. The minimum Gasteiger partial charge on any atom is -0.484 e. The van der Waals surface area contributed by atoms with Crippen molar-refractivity contribution in [3.8, 4) is 16.9 Å². The molecule has 1 aliphatic heterocycles. The number of piperazine rings is 1. The smallest absolute Gasteiger partial charge is 0.260 e. The SMILES string of the molecule is Cc1csc(CC(=O)N2CCN(C(=O)COc3ccc(-c4ccccc4)cc3)CC2)n1. The number of carbonyl (C=O) groups excluding carboxylic acids is 2. The van der Waals surface area contributed by atoms with E-state index in [4.69, 9.17) is 4.74 Å². The lowest BCUT2D eigenvalue weighted by atomic mass is 10.1. The van der Waals surface area contributed by atoms with Crippen LogP contribution in [0.1, 0.15) is 10.7 Å². The van der Waals surface area contributed by atoms with Gasteiger partial charge in [0.2, 0.25) is 5.91 Å². The Kier molecular flexibility index (Phi) is 6.62. The van der Waals surface area contributed by atoms with Crippen molar-refractivity contribution in [3.05, 3.63) is 70.7 Å². The molecule has 31 heavy (non-hydrogen) atoms. The molecule has 6 nitrogen and oxygen atoms in total. The number of thiazole rings is 1. The molecule has 2 heterocycles. The fourth-order valence-corrected chi connectivity index (χ4v) is 4.30. The van der Waals surface area contributed by atoms with Crippen molar-refractivity contribution in [2.75, 3.05) is 32.8 Å². The second kappa shape index (κ2) is 9.75. The molecule has 0 aliphatic carbocycles. The summed E-state index contributed by atoms with van der Waals surface area (Å²) in [5, 5.41) is 2.79. The minimum absolute atomic E-state index is 0.00295. The van der Waals surface area contributed by atoms with Gasteiger partial charge in [-0.25, -0.2) is 4.98 Å². The van der Waals surface area contributed by atoms with Gasteiger partial charge >= 0.3 is 0 Å². The summed E-state index contributed by atoms with van der Waals surface area (Å²) in [6.45, 7) is 4.06. The fraction of sp³-hybridized carbons (Fsp3) is 0.292. The highest BCUT2D eigenvalue weighted by atomic mass is 32.1. The second-order valence-electron chi connectivity index (χ2n) is 7.50. The van der Waals surface area contributed by atoms with Crippen LogP contribution in [0.15, 0.2) is 60.0 Å². The predicted molar refractivity (Wildman–Crippen MR) is 121 cm³/mol. The van der Waals surface area contributed by atoms with Gasteiger partial charge < -0.3 is 14.5 Å². The molecule has 0 spiro atoms. The average Bonchev–Trinajstić information content (AvgIpc) is 3.23. The zero-order chi connectivity index (χ0) is 21.6. The molecule has 3 aromatic rings. The molecule has 4 rings (SSSR count). The van der Waals surface area contributed by atoms with Crippen LogP contribution in [-0.4, -0.2) is 59.4 Å². The normalized spacial score (nSPS) is 13.8. The molecule has 0 atom stereocenters. The number of carbonyl (C=O) groups is 2. The van der Waals surface area contributed by atoms with Crippen LogP contribution in [0, 0.1) is 6.92 Å². The zero-order valence-electron chi connectivity index (χ0n) is 17.5. The summed E-state index contributed by atoms with van der Waals surface area (Å²) >= 11 is 1.51. The minimum atomic E-state index is -0.0604. The standard InChI is InChI=1S/C24H25N3O3S/c1-18-17-31-22(25-18)15-23(28)26-11-13-27(14-12-26)24(29)16-30-21-9-7-20(8-10-21)19-5-3-2-4-6-19/h2-10,17H,11-16H2,1H3. The number of nitrogens with zero attached hydrogens (tertiary/aromatic N) is 3. The molecule has 2 amide bonds. The van der Waals surface area contributed by atoms with Crippen LogP contribution >= 0.6 is 11.3 Å². The van der Waals surface area contributed by atoms with Crippen molar-refractivity contribution in [1.82, 2.24) is 14.8 Å². The molecular weight excluding hydrogens is 410 g/mol. The molecule has 7 heteroatoms. The van der Waals surface area contributed by atoms with Crippen molar-refractivity contribution in [1.29, 1.82) is 0 Å². The molecule has 0 N–H and O–H groups in total. The average molecular weight is 436 g/mol. The third-order valence-electron chi connectivity index (χ3n) is 5.28. The summed E-state index contributed by atoms with van der Waals surface area (Å²) in [6, 6.07) is 17.9. The van der Waals surface area contributed by atoms with Gasteiger partial charge in [0.15, 0.2) is 6.61 Å². The van der Waals surface area contributed by atoms with E-state index >= 15 is 0 Å². The maximum Gasteiger partial charge on any atom is 0.260 e. The number of ether oxygens (including phenoxy) is 1. The van der Waals surface area contributed by atoms with Gasteiger partial charge in [-0.15, -0.1) is 11.3 Å². The van der Waals surface area contributed by atoms with E-state index in [2.05, 4.69) is 17.1 Å². The number of aryl methyl sites for hydroxylation is 1. The summed E-state index contributed by atoms with van der Waals surface area (Å²) in [5.74, 6) is 0.673. The van der Waals surface area contributed by atoms with E-state index in [0.29, 0.717) is 38.3 Å². The van der Waals surface area contributed by atoms with Crippen molar-refractivity contribution in [2.24, 2.45) is 0 Å².